The zero-order chi connectivity index (χ0) is 21.3. The van der Waals surface area contributed by atoms with Gasteiger partial charge in [0.2, 0.25) is 0 Å². The van der Waals surface area contributed by atoms with Gasteiger partial charge in [-0.3, -0.25) is 9.59 Å². The first-order chi connectivity index (χ1) is 14.5. The van der Waals surface area contributed by atoms with E-state index in [0.717, 1.165) is 22.4 Å². The average molecular weight is 407 g/mol. The van der Waals surface area contributed by atoms with Crippen molar-refractivity contribution < 1.29 is 19.4 Å². The first-order valence-electron chi connectivity index (χ1n) is 9.69. The molecule has 1 aromatic heterocycles. The van der Waals surface area contributed by atoms with Crippen LogP contribution >= 0.6 is 0 Å². The number of esters is 1. The lowest BCUT2D eigenvalue weighted by atomic mass is 10.1. The fourth-order valence-corrected chi connectivity index (χ4v) is 3.84. The van der Waals surface area contributed by atoms with Crippen LogP contribution in [0.1, 0.15) is 23.0 Å². The van der Waals surface area contributed by atoms with E-state index in [1.165, 1.54) is 0 Å². The molecule has 2 aromatic carbocycles. The number of carbonyl (C=O) groups is 2. The molecule has 0 radical (unpaired) electrons. The Morgan fingerprint density at radius 3 is 2.60 bits per heavy atom. The highest BCUT2D eigenvalue weighted by molar-refractivity contribution is 6.04. The van der Waals surface area contributed by atoms with Crippen LogP contribution in [0, 0.1) is 0 Å². The van der Waals surface area contributed by atoms with E-state index in [-0.39, 0.29) is 30.8 Å². The number of amides is 1. The Hall–Kier alpha value is -3.52. The molecule has 0 unspecified atom stereocenters. The number of nitrogens with zero attached hydrogens (tertiary/aromatic N) is 3. The Morgan fingerprint density at radius 1 is 1.13 bits per heavy atom. The number of carbonyl (C=O) groups excluding carboxylic acids is 2. The highest BCUT2D eigenvalue weighted by Gasteiger charge is 2.31. The molecular formula is C22H21N3O5. The van der Waals surface area contributed by atoms with Crippen molar-refractivity contribution in [2.75, 3.05) is 18.1 Å². The number of benzene rings is 2. The topological polar surface area (TPSA) is 102 Å². The third kappa shape index (κ3) is 3.46. The predicted molar refractivity (Wildman–Crippen MR) is 110 cm³/mol. The van der Waals surface area contributed by atoms with E-state index in [1.54, 1.807) is 29.2 Å². The van der Waals surface area contributed by atoms with Gasteiger partial charge < -0.3 is 14.7 Å². The summed E-state index contributed by atoms with van der Waals surface area (Å²) in [5, 5.41) is 13.9. The van der Waals surface area contributed by atoms with Crippen LogP contribution < -0.4 is 10.5 Å². The van der Waals surface area contributed by atoms with E-state index >= 15 is 0 Å². The highest BCUT2D eigenvalue weighted by atomic mass is 16.5. The van der Waals surface area contributed by atoms with E-state index < -0.39 is 18.1 Å². The largest absolute Gasteiger partial charge is 0.451 e. The number of aromatic nitrogens is 2. The fourth-order valence-electron chi connectivity index (χ4n) is 3.84. The molecule has 0 fully saturated rings. The van der Waals surface area contributed by atoms with E-state index in [4.69, 9.17) is 4.74 Å². The molecule has 2 heterocycles. The first kappa shape index (κ1) is 19.8. The molecule has 1 atom stereocenters. The summed E-state index contributed by atoms with van der Waals surface area (Å²) in [6.07, 6.45) is 0.744. The SMILES string of the molecule is C[C@@H]1Cc2ccccc2N1C(=O)COC(=O)c1nn(CCO)c(=O)c2ccccc12. The molecule has 8 heteroatoms. The van der Waals surface area contributed by atoms with E-state index in [0.29, 0.717) is 10.8 Å². The van der Waals surface area contributed by atoms with Gasteiger partial charge in [0.05, 0.1) is 18.5 Å². The van der Waals surface area contributed by atoms with Gasteiger partial charge in [0.15, 0.2) is 12.3 Å². The fraction of sp³-hybridized carbons (Fsp3) is 0.273. The Bertz CT molecular complexity index is 1190. The maximum Gasteiger partial charge on any atom is 0.359 e. The quantitative estimate of drug-likeness (QED) is 0.644. The molecular weight excluding hydrogens is 386 g/mol. The van der Waals surface area contributed by atoms with Gasteiger partial charge in [-0.05, 0) is 31.0 Å². The molecule has 1 aliphatic rings. The Labute approximate surface area is 172 Å². The van der Waals surface area contributed by atoms with Crippen LogP contribution in [0.2, 0.25) is 0 Å². The van der Waals surface area contributed by atoms with E-state index in [2.05, 4.69) is 5.10 Å². The normalized spacial score (nSPS) is 15.3. The van der Waals surface area contributed by atoms with Gasteiger partial charge in [0, 0.05) is 17.1 Å². The number of aliphatic hydroxyl groups excluding tert-OH is 1. The van der Waals surface area contributed by atoms with Crippen LogP contribution in [0.25, 0.3) is 10.8 Å². The van der Waals surface area contributed by atoms with Crippen molar-refractivity contribution >= 4 is 28.3 Å². The van der Waals surface area contributed by atoms with Crippen LogP contribution in [-0.4, -0.2) is 46.0 Å². The Morgan fingerprint density at radius 2 is 1.83 bits per heavy atom. The van der Waals surface area contributed by atoms with E-state index in [9.17, 15) is 19.5 Å². The first-order valence-corrected chi connectivity index (χ1v) is 9.69. The van der Waals surface area contributed by atoms with Crippen LogP contribution in [0.15, 0.2) is 53.3 Å². The third-order valence-electron chi connectivity index (χ3n) is 5.18. The van der Waals surface area contributed by atoms with Crippen LogP contribution in [0.5, 0.6) is 0 Å². The molecule has 30 heavy (non-hydrogen) atoms. The molecule has 1 aliphatic heterocycles. The van der Waals surface area contributed by atoms with Gasteiger partial charge in [0.25, 0.3) is 11.5 Å². The molecule has 0 aliphatic carbocycles. The zero-order valence-electron chi connectivity index (χ0n) is 16.4. The number of aliphatic hydroxyl groups is 1. The molecule has 4 rings (SSSR count). The minimum Gasteiger partial charge on any atom is -0.451 e. The number of ether oxygens (including phenoxy) is 1. The van der Waals surface area contributed by atoms with Crippen molar-refractivity contribution in [3.63, 3.8) is 0 Å². The molecule has 8 nitrogen and oxygen atoms in total. The third-order valence-corrected chi connectivity index (χ3v) is 5.18. The minimum atomic E-state index is -0.800. The molecule has 0 spiro atoms. The van der Waals surface area contributed by atoms with Gasteiger partial charge in [-0.15, -0.1) is 0 Å². The molecule has 0 saturated heterocycles. The minimum absolute atomic E-state index is 0.0287. The van der Waals surface area contributed by atoms with Gasteiger partial charge in [-0.2, -0.15) is 5.10 Å². The number of hydrogen-bond donors (Lipinski definition) is 1. The lowest BCUT2D eigenvalue weighted by Crippen LogP contribution is -2.39. The average Bonchev–Trinajstić information content (AvgIpc) is 3.09. The van der Waals surface area contributed by atoms with Crippen molar-refractivity contribution in [3.8, 4) is 0 Å². The molecule has 154 valence electrons. The molecule has 0 saturated carbocycles. The van der Waals surface area contributed by atoms with Gasteiger partial charge >= 0.3 is 5.97 Å². The number of anilines is 1. The van der Waals surface area contributed by atoms with Crippen LogP contribution in [-0.2, 0) is 22.5 Å². The molecule has 1 amide bonds. The number of para-hydroxylation sites is 1. The summed E-state index contributed by atoms with van der Waals surface area (Å²) >= 11 is 0. The second-order valence-electron chi connectivity index (χ2n) is 7.17. The maximum absolute atomic E-state index is 12.8. The Balaban J connectivity index is 1.58. The van der Waals surface area contributed by atoms with E-state index in [1.807, 2.05) is 31.2 Å². The molecule has 0 bridgehead atoms. The second-order valence-corrected chi connectivity index (χ2v) is 7.17. The van der Waals surface area contributed by atoms with Crippen molar-refractivity contribution in [1.82, 2.24) is 9.78 Å². The Kier molecular flexibility index (Phi) is 5.33. The summed E-state index contributed by atoms with van der Waals surface area (Å²) in [5.74, 6) is -1.12. The maximum atomic E-state index is 12.8. The van der Waals surface area contributed by atoms with Crippen LogP contribution in [0.4, 0.5) is 5.69 Å². The smallest absolute Gasteiger partial charge is 0.359 e. The number of fused-ring (bicyclic) bond motifs is 2. The summed E-state index contributed by atoms with van der Waals surface area (Å²) in [6, 6.07) is 14.2. The van der Waals surface area contributed by atoms with Gasteiger partial charge in [0.1, 0.15) is 0 Å². The second kappa shape index (κ2) is 8.08. The predicted octanol–water partition coefficient (Wildman–Crippen LogP) is 1.52. The van der Waals surface area contributed by atoms with Crippen LogP contribution in [0.3, 0.4) is 0 Å². The lowest BCUT2D eigenvalue weighted by Gasteiger charge is -2.22. The summed E-state index contributed by atoms with van der Waals surface area (Å²) in [4.78, 5) is 39.6. The monoisotopic (exact) mass is 407 g/mol. The van der Waals surface area contributed by atoms with Crippen molar-refractivity contribution in [2.45, 2.75) is 25.9 Å². The number of rotatable bonds is 5. The zero-order valence-corrected chi connectivity index (χ0v) is 16.4. The van der Waals surface area contributed by atoms with Crippen molar-refractivity contribution in [1.29, 1.82) is 0 Å². The summed E-state index contributed by atoms with van der Waals surface area (Å²) in [6.45, 7) is 1.15. The van der Waals surface area contributed by atoms with Crippen molar-refractivity contribution in [3.05, 3.63) is 70.1 Å². The van der Waals surface area contributed by atoms with Crippen molar-refractivity contribution in [2.24, 2.45) is 0 Å². The summed E-state index contributed by atoms with van der Waals surface area (Å²) in [5.41, 5.74) is 1.43. The lowest BCUT2D eigenvalue weighted by molar-refractivity contribution is -0.122. The van der Waals surface area contributed by atoms with Gasteiger partial charge in [-0.25, -0.2) is 9.48 Å². The standard InChI is InChI=1S/C22H21N3O5/c1-14-12-15-6-2-5-9-18(15)25(14)19(27)13-30-22(29)20-16-7-3-4-8-17(16)21(28)24(23-20)10-11-26/h2-9,14,26H,10-13H2,1H3/t14-/m1/s1. The molecule has 1 N–H and O–H groups in total. The summed E-state index contributed by atoms with van der Waals surface area (Å²) in [7, 11) is 0. The number of hydrogen-bond acceptors (Lipinski definition) is 6. The van der Waals surface area contributed by atoms with Gasteiger partial charge in [-0.1, -0.05) is 36.4 Å². The molecule has 3 aromatic rings. The summed E-state index contributed by atoms with van der Waals surface area (Å²) < 4.78 is 6.30. The highest BCUT2D eigenvalue weighted by Crippen LogP contribution is 2.31.